The van der Waals surface area contributed by atoms with Crippen molar-refractivity contribution in [2.45, 2.75) is 64.5 Å². The minimum absolute atomic E-state index is 0.0801. The van der Waals surface area contributed by atoms with Gasteiger partial charge in [-0.1, -0.05) is 56.5 Å². The van der Waals surface area contributed by atoms with E-state index in [1.807, 2.05) is 0 Å². The summed E-state index contributed by atoms with van der Waals surface area (Å²) in [6, 6.07) is 11.6. The van der Waals surface area contributed by atoms with Crippen molar-refractivity contribution in [2.24, 2.45) is 0 Å². The highest BCUT2D eigenvalue weighted by atomic mass is 15.2. The van der Waals surface area contributed by atoms with Crippen LogP contribution >= 0.6 is 0 Å². The maximum atomic E-state index is 3.79. The highest BCUT2D eigenvalue weighted by molar-refractivity contribution is 5.24. The summed E-state index contributed by atoms with van der Waals surface area (Å²) in [5.41, 5.74) is 1.49. The molecule has 0 amide bonds. The fourth-order valence-electron chi connectivity index (χ4n) is 3.40. The summed E-state index contributed by atoms with van der Waals surface area (Å²) in [5.74, 6) is 0. The van der Waals surface area contributed by atoms with Crippen molar-refractivity contribution < 1.29 is 0 Å². The number of nitrogens with zero attached hydrogens (tertiary/aromatic N) is 1. The summed E-state index contributed by atoms with van der Waals surface area (Å²) in [6.07, 6.45) is 6.64. The molecule has 1 aromatic rings. The number of benzene rings is 1. The lowest BCUT2D eigenvalue weighted by atomic mass is 9.91. The van der Waals surface area contributed by atoms with Crippen molar-refractivity contribution in [2.75, 3.05) is 19.6 Å². The first-order valence-corrected chi connectivity index (χ1v) is 8.70. The third kappa shape index (κ3) is 4.55. The quantitative estimate of drug-likeness (QED) is 0.791. The highest BCUT2D eigenvalue weighted by Gasteiger charge is 2.32. The maximum Gasteiger partial charge on any atom is 0.0535 e. The van der Waals surface area contributed by atoms with E-state index in [4.69, 9.17) is 0 Å². The Balaban J connectivity index is 2.03. The summed E-state index contributed by atoms with van der Waals surface area (Å²) >= 11 is 0. The molecule has 1 fully saturated rings. The fourth-order valence-corrected chi connectivity index (χ4v) is 3.40. The van der Waals surface area contributed by atoms with E-state index in [0.717, 1.165) is 13.1 Å². The lowest BCUT2D eigenvalue weighted by molar-refractivity contribution is 0.170. The van der Waals surface area contributed by atoms with E-state index in [0.29, 0.717) is 6.04 Å². The zero-order valence-corrected chi connectivity index (χ0v) is 14.1. The summed E-state index contributed by atoms with van der Waals surface area (Å²) in [4.78, 5) is 2.70. The van der Waals surface area contributed by atoms with E-state index >= 15 is 0 Å². The van der Waals surface area contributed by atoms with Crippen LogP contribution < -0.4 is 5.32 Å². The van der Waals surface area contributed by atoms with E-state index in [1.54, 1.807) is 0 Å². The molecule has 1 aromatic carbocycles. The standard InChI is InChI=1S/C19H32N2/c1-4-5-6-10-15-21-16-19(3,20-14-13-17(21)2)18-11-8-7-9-12-18/h7-9,11-12,17,20H,4-6,10,13-16H2,1-3H3. The molecular weight excluding hydrogens is 256 g/mol. The normalized spacial score (nSPS) is 27.5. The lowest BCUT2D eigenvalue weighted by Gasteiger charge is -2.36. The van der Waals surface area contributed by atoms with Crippen LogP contribution in [0.2, 0.25) is 0 Å². The van der Waals surface area contributed by atoms with Crippen LogP contribution in [0.5, 0.6) is 0 Å². The Morgan fingerprint density at radius 3 is 2.67 bits per heavy atom. The summed E-state index contributed by atoms with van der Waals surface area (Å²) in [6.45, 7) is 10.5. The number of hydrogen-bond donors (Lipinski definition) is 1. The summed E-state index contributed by atoms with van der Waals surface area (Å²) in [5, 5.41) is 3.79. The molecule has 1 aliphatic rings. The molecule has 1 saturated heterocycles. The van der Waals surface area contributed by atoms with Gasteiger partial charge >= 0.3 is 0 Å². The second-order valence-corrected chi connectivity index (χ2v) is 6.79. The second kappa shape index (κ2) is 7.95. The third-order valence-electron chi connectivity index (χ3n) is 4.93. The Labute approximate surface area is 130 Å². The second-order valence-electron chi connectivity index (χ2n) is 6.79. The van der Waals surface area contributed by atoms with Crippen molar-refractivity contribution >= 4 is 0 Å². The number of unbranched alkanes of at least 4 members (excludes halogenated alkanes) is 3. The van der Waals surface area contributed by atoms with Crippen LogP contribution in [0, 0.1) is 0 Å². The minimum Gasteiger partial charge on any atom is -0.306 e. The van der Waals surface area contributed by atoms with Crippen LogP contribution in [0.4, 0.5) is 0 Å². The Hall–Kier alpha value is -0.860. The molecule has 118 valence electrons. The molecule has 0 radical (unpaired) electrons. The van der Waals surface area contributed by atoms with Crippen molar-refractivity contribution in [1.82, 2.24) is 10.2 Å². The Bertz CT molecular complexity index is 403. The van der Waals surface area contributed by atoms with Gasteiger partial charge in [-0.25, -0.2) is 0 Å². The van der Waals surface area contributed by atoms with Crippen LogP contribution in [0.15, 0.2) is 30.3 Å². The van der Waals surface area contributed by atoms with Crippen LogP contribution in [0.3, 0.4) is 0 Å². The molecule has 2 heteroatoms. The van der Waals surface area contributed by atoms with Crippen LogP contribution in [-0.2, 0) is 5.54 Å². The van der Waals surface area contributed by atoms with Gasteiger partial charge in [-0.2, -0.15) is 0 Å². The highest BCUT2D eigenvalue weighted by Crippen LogP contribution is 2.26. The Morgan fingerprint density at radius 2 is 1.95 bits per heavy atom. The molecule has 1 heterocycles. The first-order chi connectivity index (χ1) is 10.2. The zero-order chi connectivity index (χ0) is 15.1. The van der Waals surface area contributed by atoms with Crippen LogP contribution in [0.1, 0.15) is 58.4 Å². The van der Waals surface area contributed by atoms with Crippen LogP contribution in [0.25, 0.3) is 0 Å². The molecule has 0 saturated carbocycles. The predicted molar refractivity (Wildman–Crippen MR) is 91.6 cm³/mol. The SMILES string of the molecule is CCCCCCN1CC(C)(c2ccccc2)NCCC1C. The topological polar surface area (TPSA) is 15.3 Å². The van der Waals surface area contributed by atoms with E-state index < -0.39 is 0 Å². The zero-order valence-electron chi connectivity index (χ0n) is 14.1. The van der Waals surface area contributed by atoms with E-state index in [9.17, 15) is 0 Å². The van der Waals surface area contributed by atoms with Crippen molar-refractivity contribution in [3.8, 4) is 0 Å². The number of rotatable bonds is 6. The number of hydrogen-bond acceptors (Lipinski definition) is 2. The first-order valence-electron chi connectivity index (χ1n) is 8.70. The van der Waals surface area contributed by atoms with Gasteiger partial charge in [-0.05, 0) is 45.3 Å². The molecule has 2 atom stereocenters. The van der Waals surface area contributed by atoms with Gasteiger partial charge in [-0.3, -0.25) is 4.90 Å². The lowest BCUT2D eigenvalue weighted by Crippen LogP contribution is -2.47. The van der Waals surface area contributed by atoms with Crippen LogP contribution in [-0.4, -0.2) is 30.6 Å². The van der Waals surface area contributed by atoms with Gasteiger partial charge in [-0.15, -0.1) is 0 Å². The monoisotopic (exact) mass is 288 g/mol. The first kappa shape index (κ1) is 16.5. The van der Waals surface area contributed by atoms with Gasteiger partial charge in [0.05, 0.1) is 5.54 Å². The molecule has 0 spiro atoms. The van der Waals surface area contributed by atoms with Gasteiger partial charge in [0.1, 0.15) is 0 Å². The van der Waals surface area contributed by atoms with Gasteiger partial charge < -0.3 is 5.32 Å². The van der Waals surface area contributed by atoms with Crippen molar-refractivity contribution in [3.63, 3.8) is 0 Å². The number of nitrogens with one attached hydrogen (secondary N) is 1. The van der Waals surface area contributed by atoms with Gasteiger partial charge in [0, 0.05) is 12.6 Å². The van der Waals surface area contributed by atoms with Crippen molar-refractivity contribution in [3.05, 3.63) is 35.9 Å². The molecule has 0 aromatic heterocycles. The molecule has 2 unspecified atom stereocenters. The van der Waals surface area contributed by atoms with Crippen molar-refractivity contribution in [1.29, 1.82) is 0 Å². The molecule has 0 aliphatic carbocycles. The molecule has 1 aliphatic heterocycles. The molecule has 2 rings (SSSR count). The fraction of sp³-hybridized carbons (Fsp3) is 0.684. The van der Waals surface area contributed by atoms with Gasteiger partial charge in [0.15, 0.2) is 0 Å². The van der Waals surface area contributed by atoms with Gasteiger partial charge in [0.2, 0.25) is 0 Å². The molecule has 21 heavy (non-hydrogen) atoms. The molecule has 0 bridgehead atoms. The average molecular weight is 288 g/mol. The Morgan fingerprint density at radius 1 is 1.19 bits per heavy atom. The predicted octanol–water partition coefficient (Wildman–Crippen LogP) is 4.17. The van der Waals surface area contributed by atoms with Gasteiger partial charge in [0.25, 0.3) is 0 Å². The third-order valence-corrected chi connectivity index (χ3v) is 4.93. The smallest absolute Gasteiger partial charge is 0.0535 e. The molecule has 2 nitrogen and oxygen atoms in total. The van der Waals surface area contributed by atoms with E-state index in [1.165, 1.54) is 44.2 Å². The average Bonchev–Trinajstić information content (AvgIpc) is 2.65. The van der Waals surface area contributed by atoms with E-state index in [2.05, 4.69) is 61.3 Å². The molecular formula is C19H32N2. The molecule has 1 N–H and O–H groups in total. The minimum atomic E-state index is 0.0801. The summed E-state index contributed by atoms with van der Waals surface area (Å²) < 4.78 is 0. The Kier molecular flexibility index (Phi) is 6.25. The van der Waals surface area contributed by atoms with E-state index in [-0.39, 0.29) is 5.54 Å². The largest absolute Gasteiger partial charge is 0.306 e. The maximum absolute atomic E-state index is 3.79. The summed E-state index contributed by atoms with van der Waals surface area (Å²) in [7, 11) is 0.